The number of rotatable bonds is 1. The molecule has 0 aromatic rings. The van der Waals surface area contributed by atoms with Gasteiger partial charge in [0.05, 0.1) is 5.97 Å². The first-order valence-electron chi connectivity index (χ1n) is 1.53. The molecule has 0 spiro atoms. The van der Waals surface area contributed by atoms with Crippen LogP contribution in [0.2, 0.25) is 0 Å². The van der Waals surface area contributed by atoms with Crippen LogP contribution in [0.3, 0.4) is 0 Å². The predicted molar refractivity (Wildman–Crippen MR) is 24.3 cm³/mol. The van der Waals surface area contributed by atoms with E-state index in [1.807, 2.05) is 0 Å². The Morgan fingerprint density at radius 1 is 1.88 bits per heavy atom. The highest BCUT2D eigenvalue weighted by molar-refractivity contribution is 5.76. The molecule has 0 aromatic heterocycles. The Morgan fingerprint density at radius 2 is 2.00 bits per heavy atom. The van der Waals surface area contributed by atoms with Crippen LogP contribution in [0.25, 0.3) is 5.41 Å². The van der Waals surface area contributed by atoms with Gasteiger partial charge in [-0.05, 0) is 12.2 Å². The van der Waals surface area contributed by atoms with Gasteiger partial charge in [0, 0.05) is 0 Å². The van der Waals surface area contributed by atoms with E-state index in [1.54, 1.807) is 0 Å². The molecule has 0 N–H and O–H groups in total. The van der Waals surface area contributed by atoms with Crippen molar-refractivity contribution in [2.24, 2.45) is 0 Å². The van der Waals surface area contributed by atoms with Gasteiger partial charge in [-0.3, -0.25) is 4.79 Å². The van der Waals surface area contributed by atoms with E-state index in [2.05, 4.69) is 6.58 Å². The number of hydrogen-bond acceptors (Lipinski definition) is 3. The molecule has 4 heteroatoms. The summed E-state index contributed by atoms with van der Waals surface area (Å²) in [7, 11) is 0. The Kier molecular flexibility index (Phi) is 11.2. The van der Waals surface area contributed by atoms with Crippen LogP contribution in [-0.4, -0.2) is 12.0 Å². The van der Waals surface area contributed by atoms with Crippen LogP contribution in [0.5, 0.6) is 0 Å². The van der Waals surface area contributed by atoms with Gasteiger partial charge >= 0.3 is 0 Å². The summed E-state index contributed by atoms with van der Waals surface area (Å²) >= 11 is 0. The van der Waals surface area contributed by atoms with Crippen LogP contribution in [-0.2, 0) is 9.59 Å². The fourth-order valence-electron chi connectivity index (χ4n) is 0. The quantitative estimate of drug-likeness (QED) is 0.243. The highest BCUT2D eigenvalue weighted by Gasteiger charge is 1.55. The molecule has 0 bridgehead atoms. The Hall–Kier alpha value is -1.41. The van der Waals surface area contributed by atoms with Crippen LogP contribution in [0, 0.1) is 0 Å². The van der Waals surface area contributed by atoms with E-state index in [4.69, 9.17) is 20.1 Å². The monoisotopic (exact) mass is 113 g/mol. The second-order valence-electron chi connectivity index (χ2n) is 0.614. The molecule has 0 unspecified atom stereocenters. The van der Waals surface area contributed by atoms with Crippen molar-refractivity contribution >= 4 is 12.0 Å². The minimum absolute atomic E-state index is 0.500. The minimum Gasteiger partial charge on any atom is -0.724 e. The van der Waals surface area contributed by atoms with Crippen molar-refractivity contribution < 1.29 is 14.7 Å². The van der Waals surface area contributed by atoms with Gasteiger partial charge in [-0.2, -0.15) is 0 Å². The summed E-state index contributed by atoms with van der Waals surface area (Å²) < 4.78 is 0. The maximum atomic E-state index is 9.14. The highest BCUT2D eigenvalue weighted by atomic mass is 16.4. The third kappa shape index (κ3) is 170. The van der Waals surface area contributed by atoms with Gasteiger partial charge < -0.3 is 15.3 Å². The first kappa shape index (κ1) is 9.77. The molecule has 0 aliphatic rings. The highest BCUT2D eigenvalue weighted by Crippen LogP contribution is 1.47. The van der Waals surface area contributed by atoms with Gasteiger partial charge in [-0.1, -0.05) is 6.58 Å². The summed E-state index contributed by atoms with van der Waals surface area (Å²) in [5, 5.41) is 15.9. The van der Waals surface area contributed by atoms with E-state index in [0.717, 1.165) is 6.08 Å². The van der Waals surface area contributed by atoms with Crippen LogP contribution in [0.1, 0.15) is 0 Å². The smallest absolute Gasteiger partial charge is 0.0636 e. The SMILES string of the molecule is C=CC(=O)[O-].[N-]=C=O. The van der Waals surface area contributed by atoms with Gasteiger partial charge in [0.15, 0.2) is 0 Å². The van der Waals surface area contributed by atoms with E-state index in [1.165, 1.54) is 0 Å². The van der Waals surface area contributed by atoms with Gasteiger partial charge in [0.2, 0.25) is 0 Å². The predicted octanol–water partition coefficient (Wildman–Crippen LogP) is -1.19. The van der Waals surface area contributed by atoms with Crippen LogP contribution in [0.4, 0.5) is 0 Å². The van der Waals surface area contributed by atoms with E-state index in [-0.39, 0.29) is 0 Å². The van der Waals surface area contributed by atoms with Crippen molar-refractivity contribution in [2.75, 3.05) is 0 Å². The fourth-order valence-corrected chi connectivity index (χ4v) is 0. The summed E-state index contributed by atoms with van der Waals surface area (Å²) in [4.78, 5) is 17.4. The fraction of sp³-hybridized carbons (Fsp3) is 0. The average Bonchev–Trinajstić information content (AvgIpc) is 1.69. The molecular weight excluding hydrogens is 110 g/mol. The molecule has 0 aromatic carbocycles. The molecular formula is C4H3NO3-2. The second kappa shape index (κ2) is 9.14. The summed E-state index contributed by atoms with van der Waals surface area (Å²) in [6.45, 7) is 2.90. The first-order chi connectivity index (χ1) is 3.68. The molecule has 0 aliphatic carbocycles. The maximum absolute atomic E-state index is 9.14. The number of carboxylic acid groups (broad SMARTS) is 1. The number of aliphatic carboxylic acids is 1. The molecule has 0 saturated heterocycles. The van der Waals surface area contributed by atoms with Gasteiger partial charge in [0.1, 0.15) is 0 Å². The van der Waals surface area contributed by atoms with E-state index in [0.29, 0.717) is 6.08 Å². The van der Waals surface area contributed by atoms with Gasteiger partial charge in [0.25, 0.3) is 0 Å². The molecule has 4 nitrogen and oxygen atoms in total. The number of carbonyl (C=O) groups excluding carboxylic acids is 2. The van der Waals surface area contributed by atoms with Crippen LogP contribution < -0.4 is 5.11 Å². The molecule has 8 heavy (non-hydrogen) atoms. The summed E-state index contributed by atoms with van der Waals surface area (Å²) in [6, 6.07) is 0. The van der Waals surface area contributed by atoms with Crippen molar-refractivity contribution in [1.29, 1.82) is 0 Å². The largest absolute Gasteiger partial charge is 0.724 e. The Bertz CT molecular complexity index is 112. The average molecular weight is 113 g/mol. The number of carbonyl (C=O) groups is 1. The van der Waals surface area contributed by atoms with Gasteiger partial charge in [-0.25, -0.2) is 0 Å². The number of hydrogen-bond donors (Lipinski definition) is 0. The van der Waals surface area contributed by atoms with Crippen molar-refractivity contribution in [3.8, 4) is 0 Å². The van der Waals surface area contributed by atoms with E-state index in [9.17, 15) is 0 Å². The Labute approximate surface area is 46.0 Å². The molecule has 0 fully saturated rings. The molecule has 0 aliphatic heterocycles. The number of isocyanates is 1. The topological polar surface area (TPSA) is 79.5 Å². The van der Waals surface area contributed by atoms with Crippen molar-refractivity contribution in [2.45, 2.75) is 0 Å². The third-order valence-electron chi connectivity index (χ3n) is 0.167. The number of nitrogens with zero attached hydrogens (tertiary/aromatic N) is 1. The lowest BCUT2D eigenvalue weighted by molar-refractivity contribution is -0.297. The lowest BCUT2D eigenvalue weighted by atomic mass is 10.7. The molecule has 0 amide bonds. The standard InChI is InChI=1S/C3H4O2.CNO/c1-2-3(4)5;2-1-3/h2H,1H2,(H,4,5);/q;-1/p-1. The van der Waals surface area contributed by atoms with Crippen molar-refractivity contribution in [1.82, 2.24) is 0 Å². The summed E-state index contributed by atoms with van der Waals surface area (Å²) in [5.41, 5.74) is 0. The molecule has 0 heterocycles. The zero-order chi connectivity index (χ0) is 6.99. The summed E-state index contributed by atoms with van der Waals surface area (Å²) in [6.07, 6.45) is 1.22. The van der Waals surface area contributed by atoms with E-state index >= 15 is 0 Å². The van der Waals surface area contributed by atoms with Crippen LogP contribution in [0.15, 0.2) is 12.7 Å². The second-order valence-corrected chi connectivity index (χ2v) is 0.614. The molecule has 0 radical (unpaired) electrons. The maximum Gasteiger partial charge on any atom is 0.0636 e. The third-order valence-corrected chi connectivity index (χ3v) is 0.167. The van der Waals surface area contributed by atoms with Crippen LogP contribution >= 0.6 is 0 Å². The Balaban J connectivity index is 0. The van der Waals surface area contributed by atoms with Crippen molar-refractivity contribution in [3.63, 3.8) is 0 Å². The zero-order valence-corrected chi connectivity index (χ0v) is 3.96. The summed E-state index contributed by atoms with van der Waals surface area (Å²) in [5.74, 6) is -1.23. The lowest BCUT2D eigenvalue weighted by Crippen LogP contribution is -2.17. The zero-order valence-electron chi connectivity index (χ0n) is 3.96. The molecule has 0 atom stereocenters. The Morgan fingerprint density at radius 3 is 2.00 bits per heavy atom. The van der Waals surface area contributed by atoms with Crippen molar-refractivity contribution in [3.05, 3.63) is 18.1 Å². The minimum atomic E-state index is -1.23. The van der Waals surface area contributed by atoms with E-state index < -0.39 is 5.97 Å². The normalized spacial score (nSPS) is 5.00. The molecule has 0 rings (SSSR count). The van der Waals surface area contributed by atoms with Gasteiger partial charge in [-0.15, -0.1) is 0 Å². The first-order valence-corrected chi connectivity index (χ1v) is 1.53. The lowest BCUT2D eigenvalue weighted by Gasteiger charge is -1.81. The molecule has 0 saturated carbocycles. The number of carboxylic acids is 1. The molecule has 44 valence electrons.